The maximum absolute atomic E-state index is 12.0. The summed E-state index contributed by atoms with van der Waals surface area (Å²) in [4.78, 5) is 14.6. The standard InChI is InChI=1S/C14H16N2O2S/c1-16(9-11-5-4-8-18-11)14(17)10-19-13-7-3-2-6-12(13)15/h2-8H,9-10,15H2,1H3. The molecule has 0 bridgehead atoms. The molecule has 0 unspecified atom stereocenters. The fourth-order valence-electron chi connectivity index (χ4n) is 1.59. The molecular formula is C14H16N2O2S. The predicted octanol–water partition coefficient (Wildman–Crippen LogP) is 2.61. The lowest BCUT2D eigenvalue weighted by molar-refractivity contribution is -0.127. The van der Waals surface area contributed by atoms with Gasteiger partial charge in [0.05, 0.1) is 18.6 Å². The Kier molecular flexibility index (Phi) is 4.52. The van der Waals surface area contributed by atoms with Crippen LogP contribution < -0.4 is 5.73 Å². The molecule has 0 aliphatic carbocycles. The first kappa shape index (κ1) is 13.5. The van der Waals surface area contributed by atoms with Gasteiger partial charge in [-0.25, -0.2) is 0 Å². The molecule has 0 saturated carbocycles. The van der Waals surface area contributed by atoms with Crippen molar-refractivity contribution >= 4 is 23.4 Å². The molecule has 4 nitrogen and oxygen atoms in total. The van der Waals surface area contributed by atoms with E-state index >= 15 is 0 Å². The van der Waals surface area contributed by atoms with Gasteiger partial charge in [-0.3, -0.25) is 4.79 Å². The molecule has 1 aromatic carbocycles. The lowest BCUT2D eigenvalue weighted by Gasteiger charge is -2.15. The zero-order chi connectivity index (χ0) is 13.7. The third-order valence-corrected chi connectivity index (χ3v) is 3.74. The first-order valence-corrected chi connectivity index (χ1v) is 6.89. The van der Waals surface area contributed by atoms with Crippen LogP contribution in [0.5, 0.6) is 0 Å². The van der Waals surface area contributed by atoms with Crippen LogP contribution in [-0.2, 0) is 11.3 Å². The number of hydrogen-bond donors (Lipinski definition) is 1. The van der Waals surface area contributed by atoms with Crippen LogP contribution in [0.15, 0.2) is 52.0 Å². The van der Waals surface area contributed by atoms with Crippen LogP contribution in [0.2, 0.25) is 0 Å². The van der Waals surface area contributed by atoms with Crippen molar-refractivity contribution in [2.24, 2.45) is 0 Å². The quantitative estimate of drug-likeness (QED) is 0.673. The molecule has 1 amide bonds. The summed E-state index contributed by atoms with van der Waals surface area (Å²) in [5, 5.41) is 0. The Bertz CT molecular complexity index is 540. The summed E-state index contributed by atoms with van der Waals surface area (Å²) >= 11 is 1.45. The number of carbonyl (C=O) groups is 1. The predicted molar refractivity (Wildman–Crippen MR) is 76.8 cm³/mol. The van der Waals surface area contributed by atoms with Gasteiger partial charge < -0.3 is 15.1 Å². The van der Waals surface area contributed by atoms with Crippen molar-refractivity contribution in [3.8, 4) is 0 Å². The van der Waals surface area contributed by atoms with Gasteiger partial charge in [0.2, 0.25) is 5.91 Å². The summed E-state index contributed by atoms with van der Waals surface area (Å²) in [5.74, 6) is 1.19. The average Bonchev–Trinajstić information content (AvgIpc) is 2.90. The Labute approximate surface area is 116 Å². The maximum atomic E-state index is 12.0. The summed E-state index contributed by atoms with van der Waals surface area (Å²) in [6.45, 7) is 0.483. The van der Waals surface area contributed by atoms with E-state index in [0.29, 0.717) is 18.0 Å². The van der Waals surface area contributed by atoms with E-state index in [1.165, 1.54) is 11.8 Å². The molecular weight excluding hydrogens is 260 g/mol. The number of para-hydroxylation sites is 1. The number of furan rings is 1. The van der Waals surface area contributed by atoms with Crippen LogP contribution in [0, 0.1) is 0 Å². The van der Waals surface area contributed by atoms with Crippen LogP contribution >= 0.6 is 11.8 Å². The maximum Gasteiger partial charge on any atom is 0.233 e. The number of thioether (sulfide) groups is 1. The molecule has 2 N–H and O–H groups in total. The highest BCUT2D eigenvalue weighted by Gasteiger charge is 2.11. The van der Waals surface area contributed by atoms with Gasteiger partial charge in [0.25, 0.3) is 0 Å². The molecule has 19 heavy (non-hydrogen) atoms. The van der Waals surface area contributed by atoms with Gasteiger partial charge in [0.1, 0.15) is 5.76 Å². The fourth-order valence-corrected chi connectivity index (χ4v) is 2.50. The number of nitrogens with two attached hydrogens (primary N) is 1. The molecule has 0 aliphatic rings. The number of nitrogens with zero attached hydrogens (tertiary/aromatic N) is 1. The third-order valence-electron chi connectivity index (χ3n) is 2.67. The Morgan fingerprint density at radius 1 is 1.32 bits per heavy atom. The highest BCUT2D eigenvalue weighted by atomic mass is 32.2. The van der Waals surface area contributed by atoms with Crippen molar-refractivity contribution in [2.45, 2.75) is 11.4 Å². The SMILES string of the molecule is CN(Cc1ccco1)C(=O)CSc1ccccc1N. The number of anilines is 1. The second-order valence-corrected chi connectivity index (χ2v) is 5.17. The Hall–Kier alpha value is -1.88. The minimum atomic E-state index is 0.0460. The zero-order valence-electron chi connectivity index (χ0n) is 10.7. The molecule has 2 aromatic rings. The number of benzene rings is 1. The molecule has 1 aromatic heterocycles. The highest BCUT2D eigenvalue weighted by molar-refractivity contribution is 8.00. The van der Waals surface area contributed by atoms with Crippen LogP contribution in [0.1, 0.15) is 5.76 Å². The molecule has 0 fully saturated rings. The van der Waals surface area contributed by atoms with Gasteiger partial charge in [0, 0.05) is 17.6 Å². The third kappa shape index (κ3) is 3.79. The van der Waals surface area contributed by atoms with Crippen molar-refractivity contribution in [2.75, 3.05) is 18.5 Å². The lowest BCUT2D eigenvalue weighted by Crippen LogP contribution is -2.27. The molecule has 0 saturated heterocycles. The van der Waals surface area contributed by atoms with E-state index in [0.717, 1.165) is 10.7 Å². The number of rotatable bonds is 5. The van der Waals surface area contributed by atoms with E-state index in [1.807, 2.05) is 36.4 Å². The van der Waals surface area contributed by atoms with Crippen molar-refractivity contribution in [3.63, 3.8) is 0 Å². The van der Waals surface area contributed by atoms with Gasteiger partial charge >= 0.3 is 0 Å². The van der Waals surface area contributed by atoms with Crippen LogP contribution in [0.4, 0.5) is 5.69 Å². The molecule has 0 radical (unpaired) electrons. The van der Waals surface area contributed by atoms with E-state index in [1.54, 1.807) is 18.2 Å². The summed E-state index contributed by atoms with van der Waals surface area (Å²) in [7, 11) is 1.76. The van der Waals surface area contributed by atoms with E-state index in [-0.39, 0.29) is 5.91 Å². The average molecular weight is 276 g/mol. The van der Waals surface area contributed by atoms with Gasteiger partial charge in [-0.1, -0.05) is 12.1 Å². The highest BCUT2D eigenvalue weighted by Crippen LogP contribution is 2.24. The number of carbonyl (C=O) groups excluding carboxylic acids is 1. The van der Waals surface area contributed by atoms with Crippen molar-refractivity contribution in [1.29, 1.82) is 0 Å². The summed E-state index contributed by atoms with van der Waals surface area (Å²) < 4.78 is 5.22. The molecule has 5 heteroatoms. The van der Waals surface area contributed by atoms with E-state index in [2.05, 4.69) is 0 Å². The van der Waals surface area contributed by atoms with E-state index < -0.39 is 0 Å². The fraction of sp³-hybridized carbons (Fsp3) is 0.214. The van der Waals surface area contributed by atoms with Gasteiger partial charge in [-0.2, -0.15) is 0 Å². The largest absolute Gasteiger partial charge is 0.467 e. The minimum absolute atomic E-state index is 0.0460. The van der Waals surface area contributed by atoms with E-state index in [9.17, 15) is 4.79 Å². The minimum Gasteiger partial charge on any atom is -0.467 e. The molecule has 100 valence electrons. The Morgan fingerprint density at radius 2 is 2.11 bits per heavy atom. The monoisotopic (exact) mass is 276 g/mol. The topological polar surface area (TPSA) is 59.5 Å². The smallest absolute Gasteiger partial charge is 0.233 e. The van der Waals surface area contributed by atoms with Crippen LogP contribution in [0.3, 0.4) is 0 Å². The van der Waals surface area contributed by atoms with Crippen LogP contribution in [-0.4, -0.2) is 23.6 Å². The van der Waals surface area contributed by atoms with Gasteiger partial charge in [-0.15, -0.1) is 11.8 Å². The second-order valence-electron chi connectivity index (χ2n) is 4.16. The van der Waals surface area contributed by atoms with Crippen molar-refractivity contribution < 1.29 is 9.21 Å². The number of amides is 1. The van der Waals surface area contributed by atoms with E-state index in [4.69, 9.17) is 10.2 Å². The molecule has 0 spiro atoms. The van der Waals surface area contributed by atoms with Crippen molar-refractivity contribution in [3.05, 3.63) is 48.4 Å². The molecule has 0 atom stereocenters. The Morgan fingerprint density at radius 3 is 2.79 bits per heavy atom. The molecule has 1 heterocycles. The second kappa shape index (κ2) is 6.33. The number of hydrogen-bond acceptors (Lipinski definition) is 4. The molecule has 0 aliphatic heterocycles. The summed E-state index contributed by atoms with van der Waals surface area (Å²) in [6, 6.07) is 11.2. The Balaban J connectivity index is 1.86. The number of nitrogen functional groups attached to an aromatic ring is 1. The summed E-state index contributed by atoms with van der Waals surface area (Å²) in [6.07, 6.45) is 1.60. The van der Waals surface area contributed by atoms with Gasteiger partial charge in [-0.05, 0) is 24.3 Å². The normalized spacial score (nSPS) is 10.4. The van der Waals surface area contributed by atoms with Crippen molar-refractivity contribution in [1.82, 2.24) is 4.90 Å². The molecule has 2 rings (SSSR count). The van der Waals surface area contributed by atoms with Gasteiger partial charge in [0.15, 0.2) is 0 Å². The van der Waals surface area contributed by atoms with Crippen LogP contribution in [0.25, 0.3) is 0 Å². The first-order chi connectivity index (χ1) is 9.16. The zero-order valence-corrected chi connectivity index (χ0v) is 11.5. The lowest BCUT2D eigenvalue weighted by atomic mass is 10.3. The first-order valence-electron chi connectivity index (χ1n) is 5.90. The summed E-state index contributed by atoms with van der Waals surface area (Å²) in [5.41, 5.74) is 6.53.